The van der Waals surface area contributed by atoms with Gasteiger partial charge in [0.15, 0.2) is 5.78 Å². The molecule has 2 rings (SSSR count). The fourth-order valence-corrected chi connectivity index (χ4v) is 4.89. The number of hydrogen-bond donors (Lipinski definition) is 2. The van der Waals surface area contributed by atoms with E-state index in [9.17, 15) is 18.3 Å². The SMILES string of the molecule is CC(=O)c1ccc(S(=O)(=O)N(CC(C)C)C[C@@H](c2ccccc2O)[C@H](C)N)cc1. The minimum Gasteiger partial charge on any atom is -0.508 e. The minimum absolute atomic E-state index is 0.0966. The number of phenolic OH excluding ortho intramolecular Hbond substituents is 1. The molecule has 158 valence electrons. The Kier molecular flexibility index (Phi) is 7.57. The van der Waals surface area contributed by atoms with Gasteiger partial charge in [0.1, 0.15) is 5.75 Å². The zero-order valence-corrected chi connectivity index (χ0v) is 18.2. The second kappa shape index (κ2) is 9.52. The molecule has 0 aliphatic carbocycles. The maximum atomic E-state index is 13.4. The molecule has 0 spiro atoms. The van der Waals surface area contributed by atoms with Gasteiger partial charge in [-0.25, -0.2) is 8.42 Å². The lowest BCUT2D eigenvalue weighted by atomic mass is 9.92. The number of rotatable bonds is 9. The van der Waals surface area contributed by atoms with Crippen LogP contribution in [0.15, 0.2) is 53.4 Å². The summed E-state index contributed by atoms with van der Waals surface area (Å²) in [7, 11) is -3.80. The van der Waals surface area contributed by atoms with Gasteiger partial charge in [0.2, 0.25) is 10.0 Å². The van der Waals surface area contributed by atoms with Gasteiger partial charge in [0, 0.05) is 30.6 Å². The number of sulfonamides is 1. The Balaban J connectivity index is 2.43. The first kappa shape index (κ1) is 23.1. The third-order valence-corrected chi connectivity index (χ3v) is 6.68. The Labute approximate surface area is 173 Å². The first-order valence-corrected chi connectivity index (χ1v) is 11.1. The second-order valence-corrected chi connectivity index (χ2v) is 9.76. The van der Waals surface area contributed by atoms with Crippen molar-refractivity contribution in [3.8, 4) is 5.75 Å². The van der Waals surface area contributed by atoms with E-state index in [2.05, 4.69) is 0 Å². The highest BCUT2D eigenvalue weighted by Crippen LogP contribution is 2.30. The van der Waals surface area contributed by atoms with Gasteiger partial charge in [-0.15, -0.1) is 0 Å². The van der Waals surface area contributed by atoms with Crippen molar-refractivity contribution in [3.05, 3.63) is 59.7 Å². The van der Waals surface area contributed by atoms with E-state index in [0.29, 0.717) is 17.7 Å². The second-order valence-electron chi connectivity index (χ2n) is 7.82. The van der Waals surface area contributed by atoms with Gasteiger partial charge in [0.25, 0.3) is 0 Å². The van der Waals surface area contributed by atoms with E-state index < -0.39 is 10.0 Å². The molecule has 3 N–H and O–H groups in total. The number of benzene rings is 2. The average molecular weight is 419 g/mol. The van der Waals surface area contributed by atoms with Crippen molar-refractivity contribution in [1.29, 1.82) is 0 Å². The van der Waals surface area contributed by atoms with Gasteiger partial charge in [-0.05, 0) is 43.5 Å². The molecule has 7 heteroatoms. The van der Waals surface area contributed by atoms with Crippen molar-refractivity contribution in [2.45, 2.75) is 44.6 Å². The number of aromatic hydroxyl groups is 1. The highest BCUT2D eigenvalue weighted by atomic mass is 32.2. The van der Waals surface area contributed by atoms with Crippen LogP contribution in [0.4, 0.5) is 0 Å². The molecule has 0 unspecified atom stereocenters. The van der Waals surface area contributed by atoms with Crippen molar-refractivity contribution in [2.24, 2.45) is 11.7 Å². The van der Waals surface area contributed by atoms with Gasteiger partial charge in [0.05, 0.1) is 4.90 Å². The fraction of sp³-hybridized carbons (Fsp3) is 0.409. The first-order valence-electron chi connectivity index (χ1n) is 9.68. The number of nitrogens with two attached hydrogens (primary N) is 1. The number of carbonyl (C=O) groups excluding carboxylic acids is 1. The van der Waals surface area contributed by atoms with Crippen LogP contribution < -0.4 is 5.73 Å². The maximum Gasteiger partial charge on any atom is 0.243 e. The summed E-state index contributed by atoms with van der Waals surface area (Å²) < 4.78 is 28.1. The van der Waals surface area contributed by atoms with Crippen molar-refractivity contribution in [1.82, 2.24) is 4.31 Å². The summed E-state index contributed by atoms with van der Waals surface area (Å²) in [5.74, 6) is -0.298. The van der Waals surface area contributed by atoms with Crippen LogP contribution >= 0.6 is 0 Å². The lowest BCUT2D eigenvalue weighted by Crippen LogP contribution is -2.41. The predicted octanol–water partition coefficient (Wildman–Crippen LogP) is 3.37. The third kappa shape index (κ3) is 5.65. The highest BCUT2D eigenvalue weighted by molar-refractivity contribution is 7.89. The third-order valence-electron chi connectivity index (χ3n) is 4.84. The summed E-state index contributed by atoms with van der Waals surface area (Å²) in [5.41, 5.74) is 7.27. The maximum absolute atomic E-state index is 13.4. The highest BCUT2D eigenvalue weighted by Gasteiger charge is 2.31. The molecular weight excluding hydrogens is 388 g/mol. The largest absolute Gasteiger partial charge is 0.508 e. The molecule has 0 aliphatic heterocycles. The molecule has 0 bridgehead atoms. The molecule has 0 radical (unpaired) electrons. The molecule has 29 heavy (non-hydrogen) atoms. The molecule has 0 heterocycles. The predicted molar refractivity (Wildman–Crippen MR) is 115 cm³/mol. The van der Waals surface area contributed by atoms with Crippen LogP contribution in [-0.2, 0) is 10.0 Å². The number of phenols is 1. The Bertz CT molecular complexity index is 938. The van der Waals surface area contributed by atoms with Crippen molar-refractivity contribution in [2.75, 3.05) is 13.1 Å². The normalized spacial score (nSPS) is 14.2. The van der Waals surface area contributed by atoms with E-state index in [1.54, 1.807) is 31.2 Å². The molecule has 0 aliphatic rings. The molecule has 2 aromatic rings. The van der Waals surface area contributed by atoms with E-state index in [-0.39, 0.29) is 40.9 Å². The van der Waals surface area contributed by atoms with Gasteiger partial charge in [-0.3, -0.25) is 4.79 Å². The Morgan fingerprint density at radius 2 is 1.62 bits per heavy atom. The quantitative estimate of drug-likeness (QED) is 0.608. The number of ketones is 1. The van der Waals surface area contributed by atoms with Crippen LogP contribution in [0.25, 0.3) is 0 Å². The number of carbonyl (C=O) groups is 1. The number of Topliss-reactive ketones (excluding diaryl/α,β-unsaturated/α-hetero) is 1. The van der Waals surface area contributed by atoms with Crippen LogP contribution in [0, 0.1) is 5.92 Å². The summed E-state index contributed by atoms with van der Waals surface area (Å²) in [6.07, 6.45) is 0. The van der Waals surface area contributed by atoms with Gasteiger partial charge < -0.3 is 10.8 Å². The van der Waals surface area contributed by atoms with E-state index in [1.807, 2.05) is 13.8 Å². The van der Waals surface area contributed by atoms with Gasteiger partial charge in [-0.2, -0.15) is 4.31 Å². The van der Waals surface area contributed by atoms with Crippen molar-refractivity contribution < 1.29 is 18.3 Å². The van der Waals surface area contributed by atoms with Gasteiger partial charge in [-0.1, -0.05) is 44.2 Å². The van der Waals surface area contributed by atoms with Crippen molar-refractivity contribution >= 4 is 15.8 Å². The Morgan fingerprint density at radius 1 is 1.03 bits per heavy atom. The molecule has 0 saturated heterocycles. The zero-order valence-electron chi connectivity index (χ0n) is 17.4. The van der Waals surface area contributed by atoms with Gasteiger partial charge >= 0.3 is 0 Å². The first-order chi connectivity index (χ1) is 13.5. The van der Waals surface area contributed by atoms with E-state index >= 15 is 0 Å². The fourth-order valence-electron chi connectivity index (χ4n) is 3.26. The number of nitrogens with zero attached hydrogens (tertiary/aromatic N) is 1. The summed E-state index contributed by atoms with van der Waals surface area (Å²) in [5, 5.41) is 10.3. The van der Waals surface area contributed by atoms with Crippen molar-refractivity contribution in [3.63, 3.8) is 0 Å². The van der Waals surface area contributed by atoms with E-state index in [4.69, 9.17) is 5.73 Å². The Morgan fingerprint density at radius 3 is 2.10 bits per heavy atom. The molecule has 6 nitrogen and oxygen atoms in total. The van der Waals surface area contributed by atoms with E-state index in [1.165, 1.54) is 35.5 Å². The van der Waals surface area contributed by atoms with Crippen LogP contribution in [-0.4, -0.2) is 42.7 Å². The van der Waals surface area contributed by atoms with E-state index in [0.717, 1.165) is 0 Å². The molecule has 2 aromatic carbocycles. The summed E-state index contributed by atoms with van der Waals surface area (Å²) in [4.78, 5) is 11.6. The molecule has 0 saturated carbocycles. The lowest BCUT2D eigenvalue weighted by molar-refractivity contribution is 0.101. The zero-order chi connectivity index (χ0) is 21.8. The van der Waals surface area contributed by atoms with Crippen LogP contribution in [0.2, 0.25) is 0 Å². The van der Waals surface area contributed by atoms with Crippen LogP contribution in [0.1, 0.15) is 49.5 Å². The smallest absolute Gasteiger partial charge is 0.243 e. The summed E-state index contributed by atoms with van der Waals surface area (Å²) in [6, 6.07) is 12.5. The number of para-hydroxylation sites is 1. The standard InChI is InChI=1S/C22H30N2O4S/c1-15(2)13-24(14-21(16(3)23)20-7-5-6-8-22(20)26)29(27,28)19-11-9-18(10-12-19)17(4)25/h5-12,15-16,21,26H,13-14,23H2,1-4H3/t16-,21+/m0/s1. The molecule has 0 amide bonds. The molecule has 0 aromatic heterocycles. The molecule has 2 atom stereocenters. The minimum atomic E-state index is -3.80. The topological polar surface area (TPSA) is 101 Å². The molecular formula is C22H30N2O4S. The Hall–Kier alpha value is -2.22. The monoisotopic (exact) mass is 418 g/mol. The lowest BCUT2D eigenvalue weighted by Gasteiger charge is -2.31. The summed E-state index contributed by atoms with van der Waals surface area (Å²) in [6.45, 7) is 7.59. The van der Waals surface area contributed by atoms with Crippen LogP contribution in [0.5, 0.6) is 5.75 Å². The van der Waals surface area contributed by atoms with Crippen LogP contribution in [0.3, 0.4) is 0 Å². The number of hydrogen-bond acceptors (Lipinski definition) is 5. The average Bonchev–Trinajstić information content (AvgIpc) is 2.65. The molecule has 0 fully saturated rings. The summed E-state index contributed by atoms with van der Waals surface area (Å²) >= 11 is 0.